The molecule has 0 fully saturated rings. The van der Waals surface area contributed by atoms with Crippen molar-refractivity contribution in [2.45, 2.75) is 20.8 Å². The van der Waals surface area contributed by atoms with E-state index < -0.39 is 17.8 Å². The third-order valence-electron chi connectivity index (χ3n) is 4.79. The molecule has 2 amide bonds. The molecule has 3 aromatic rings. The first-order valence-corrected chi connectivity index (χ1v) is 9.94. The monoisotopic (exact) mass is 429 g/mol. The molecule has 0 aliphatic heterocycles. The lowest BCUT2D eigenvalue weighted by Gasteiger charge is -2.08. The van der Waals surface area contributed by atoms with Crippen LogP contribution in [0, 0.1) is 13.8 Å². The van der Waals surface area contributed by atoms with E-state index in [-0.39, 0.29) is 0 Å². The van der Waals surface area contributed by atoms with Crippen molar-refractivity contribution in [1.82, 2.24) is 5.43 Å². The van der Waals surface area contributed by atoms with E-state index in [0.29, 0.717) is 28.3 Å². The van der Waals surface area contributed by atoms with E-state index in [4.69, 9.17) is 4.74 Å². The fraction of sp³-hybridized carbons (Fsp3) is 0.120. The van der Waals surface area contributed by atoms with Gasteiger partial charge in [-0.05, 0) is 86.0 Å². The molecule has 0 unspecified atom stereocenters. The molecule has 0 aliphatic carbocycles. The molecule has 0 spiro atoms. The Morgan fingerprint density at radius 1 is 0.781 bits per heavy atom. The molecule has 2 N–H and O–H groups in total. The second kappa shape index (κ2) is 10.2. The van der Waals surface area contributed by atoms with Crippen LogP contribution in [0.3, 0.4) is 0 Å². The molecule has 0 bridgehead atoms. The summed E-state index contributed by atoms with van der Waals surface area (Å²) in [5.41, 5.74) is 6.52. The van der Waals surface area contributed by atoms with Gasteiger partial charge in [-0.2, -0.15) is 5.10 Å². The Morgan fingerprint density at radius 2 is 1.47 bits per heavy atom. The molecule has 0 aromatic heterocycles. The topological polar surface area (TPSA) is 96.9 Å². The number of hydrazone groups is 1. The minimum absolute atomic E-state index is 0.382. The summed E-state index contributed by atoms with van der Waals surface area (Å²) < 4.78 is 5.34. The number of aryl methyl sites for hydroxylation is 2. The van der Waals surface area contributed by atoms with Crippen LogP contribution in [-0.2, 0) is 9.59 Å². The Morgan fingerprint density at radius 3 is 2.12 bits per heavy atom. The first-order chi connectivity index (χ1) is 15.3. The minimum Gasteiger partial charge on any atom is -0.423 e. The molecule has 7 nitrogen and oxygen atoms in total. The zero-order chi connectivity index (χ0) is 23.1. The first kappa shape index (κ1) is 22.4. The van der Waals surface area contributed by atoms with Crippen molar-refractivity contribution in [3.8, 4) is 5.75 Å². The molecule has 0 heterocycles. The summed E-state index contributed by atoms with van der Waals surface area (Å²) in [6, 6.07) is 20.7. The summed E-state index contributed by atoms with van der Waals surface area (Å²) in [6.45, 7) is 5.57. The van der Waals surface area contributed by atoms with Crippen LogP contribution in [0.2, 0.25) is 0 Å². The van der Waals surface area contributed by atoms with Gasteiger partial charge in [-0.25, -0.2) is 10.2 Å². The number of hydrogen-bond donors (Lipinski definition) is 2. The maximum atomic E-state index is 12.1. The van der Waals surface area contributed by atoms with Gasteiger partial charge in [-0.1, -0.05) is 24.3 Å². The molecular formula is C25H23N3O4. The van der Waals surface area contributed by atoms with Crippen LogP contribution < -0.4 is 15.5 Å². The number of hydrogen-bond acceptors (Lipinski definition) is 5. The van der Waals surface area contributed by atoms with Crippen LogP contribution in [0.25, 0.3) is 0 Å². The quantitative estimate of drug-likeness (QED) is 0.211. The van der Waals surface area contributed by atoms with Crippen LogP contribution in [0.4, 0.5) is 5.69 Å². The van der Waals surface area contributed by atoms with Crippen LogP contribution in [0.15, 0.2) is 77.9 Å². The van der Waals surface area contributed by atoms with E-state index in [9.17, 15) is 14.4 Å². The number of benzene rings is 3. The van der Waals surface area contributed by atoms with E-state index in [1.54, 1.807) is 67.6 Å². The Kier molecular flexibility index (Phi) is 7.13. The molecular weight excluding hydrogens is 406 g/mol. The number of ether oxygens (including phenoxy) is 1. The fourth-order valence-electron chi connectivity index (χ4n) is 2.76. The van der Waals surface area contributed by atoms with E-state index in [0.717, 1.165) is 11.1 Å². The molecule has 0 aliphatic rings. The maximum absolute atomic E-state index is 12.1. The van der Waals surface area contributed by atoms with Crippen molar-refractivity contribution < 1.29 is 19.1 Å². The smallest absolute Gasteiger partial charge is 0.343 e. The fourth-order valence-corrected chi connectivity index (χ4v) is 2.76. The maximum Gasteiger partial charge on any atom is 0.343 e. The summed E-state index contributed by atoms with van der Waals surface area (Å²) >= 11 is 0. The van der Waals surface area contributed by atoms with Gasteiger partial charge >= 0.3 is 17.8 Å². The Bertz CT molecular complexity index is 1170. The standard InChI is InChI=1S/C25H23N3O4/c1-16-9-12-21(15-17(16)2)26-23(29)24(30)28-27-18(3)19-10-13-22(14-11-19)32-25(31)20-7-5-4-6-8-20/h4-15H,1-3H3,(H,26,29)(H,28,30). The normalized spacial score (nSPS) is 10.9. The van der Waals surface area contributed by atoms with Gasteiger partial charge < -0.3 is 10.1 Å². The number of rotatable bonds is 5. The molecule has 162 valence electrons. The highest BCUT2D eigenvalue weighted by Crippen LogP contribution is 2.15. The van der Waals surface area contributed by atoms with Gasteiger partial charge in [0.15, 0.2) is 0 Å². The lowest BCUT2D eigenvalue weighted by Crippen LogP contribution is -2.33. The van der Waals surface area contributed by atoms with Crippen molar-refractivity contribution in [2.24, 2.45) is 5.10 Å². The van der Waals surface area contributed by atoms with Gasteiger partial charge in [-0.3, -0.25) is 9.59 Å². The van der Waals surface area contributed by atoms with Crippen molar-refractivity contribution in [2.75, 3.05) is 5.32 Å². The van der Waals surface area contributed by atoms with Crippen LogP contribution >= 0.6 is 0 Å². The number of anilines is 1. The van der Waals surface area contributed by atoms with Crippen molar-refractivity contribution in [3.63, 3.8) is 0 Å². The number of esters is 1. The predicted molar refractivity (Wildman–Crippen MR) is 123 cm³/mol. The lowest BCUT2D eigenvalue weighted by atomic mass is 10.1. The first-order valence-electron chi connectivity index (χ1n) is 9.94. The second-order valence-electron chi connectivity index (χ2n) is 7.17. The summed E-state index contributed by atoms with van der Waals surface area (Å²) in [7, 11) is 0. The highest BCUT2D eigenvalue weighted by Gasteiger charge is 2.14. The van der Waals surface area contributed by atoms with Gasteiger partial charge in [0.2, 0.25) is 0 Å². The molecule has 0 atom stereocenters. The molecule has 0 saturated carbocycles. The average Bonchev–Trinajstić information content (AvgIpc) is 2.80. The summed E-state index contributed by atoms with van der Waals surface area (Å²) in [5.74, 6) is -1.76. The van der Waals surface area contributed by atoms with Crippen molar-refractivity contribution >= 4 is 29.2 Å². The van der Waals surface area contributed by atoms with Gasteiger partial charge in [0.25, 0.3) is 0 Å². The second-order valence-corrected chi connectivity index (χ2v) is 7.17. The SMILES string of the molecule is CC(=NNC(=O)C(=O)Nc1ccc(C)c(C)c1)c1ccc(OC(=O)c2ccccc2)cc1. The highest BCUT2D eigenvalue weighted by molar-refractivity contribution is 6.39. The number of carbonyl (C=O) groups is 3. The molecule has 7 heteroatoms. The predicted octanol–water partition coefficient (Wildman–Crippen LogP) is 4.00. The van der Waals surface area contributed by atoms with E-state index >= 15 is 0 Å². The number of nitrogens with zero attached hydrogens (tertiary/aromatic N) is 1. The Hall–Kier alpha value is -4.26. The van der Waals surface area contributed by atoms with Crippen LogP contribution in [0.1, 0.15) is 34.0 Å². The van der Waals surface area contributed by atoms with Gasteiger partial charge in [0.05, 0.1) is 11.3 Å². The summed E-state index contributed by atoms with van der Waals surface area (Å²) in [6.07, 6.45) is 0. The van der Waals surface area contributed by atoms with E-state index in [2.05, 4.69) is 15.8 Å². The van der Waals surface area contributed by atoms with Crippen molar-refractivity contribution in [3.05, 3.63) is 95.1 Å². The van der Waals surface area contributed by atoms with Crippen LogP contribution in [-0.4, -0.2) is 23.5 Å². The number of amides is 2. The third kappa shape index (κ3) is 5.89. The number of carbonyl (C=O) groups excluding carboxylic acids is 3. The Labute approximate surface area is 186 Å². The van der Waals surface area contributed by atoms with E-state index in [1.165, 1.54) is 0 Å². The molecule has 3 rings (SSSR count). The average molecular weight is 429 g/mol. The zero-order valence-electron chi connectivity index (χ0n) is 18.0. The van der Waals surface area contributed by atoms with Gasteiger partial charge in [0, 0.05) is 5.69 Å². The number of nitrogens with one attached hydrogen (secondary N) is 2. The molecule has 32 heavy (non-hydrogen) atoms. The zero-order valence-corrected chi connectivity index (χ0v) is 18.0. The summed E-state index contributed by atoms with van der Waals surface area (Å²) in [5, 5.41) is 6.52. The molecule has 0 saturated heterocycles. The minimum atomic E-state index is -0.879. The van der Waals surface area contributed by atoms with Gasteiger partial charge in [0.1, 0.15) is 5.75 Å². The third-order valence-corrected chi connectivity index (χ3v) is 4.79. The lowest BCUT2D eigenvalue weighted by molar-refractivity contribution is -0.136. The Balaban J connectivity index is 1.56. The largest absolute Gasteiger partial charge is 0.423 e. The molecule has 3 aromatic carbocycles. The molecule has 0 radical (unpaired) electrons. The van der Waals surface area contributed by atoms with E-state index in [1.807, 2.05) is 26.0 Å². The van der Waals surface area contributed by atoms with Gasteiger partial charge in [-0.15, -0.1) is 0 Å². The highest BCUT2D eigenvalue weighted by atomic mass is 16.5. The van der Waals surface area contributed by atoms with Crippen molar-refractivity contribution in [1.29, 1.82) is 0 Å². The summed E-state index contributed by atoms with van der Waals surface area (Å²) in [4.78, 5) is 36.2. The van der Waals surface area contributed by atoms with Crippen LogP contribution in [0.5, 0.6) is 5.75 Å².